The molecule has 6 nitrogen and oxygen atoms in total. The van der Waals surface area contributed by atoms with Gasteiger partial charge in [-0.3, -0.25) is 14.9 Å². The zero-order valence-electron chi connectivity index (χ0n) is 10.9. The van der Waals surface area contributed by atoms with E-state index in [4.69, 9.17) is 5.11 Å². The van der Waals surface area contributed by atoms with Crippen LogP contribution in [0.1, 0.15) is 38.5 Å². The van der Waals surface area contributed by atoms with Crippen molar-refractivity contribution in [3.63, 3.8) is 0 Å². The number of carbonyl (C=O) groups is 3. The average molecular weight is 268 g/mol. The van der Waals surface area contributed by atoms with E-state index in [0.29, 0.717) is 24.9 Å². The third-order valence-electron chi connectivity index (χ3n) is 3.45. The number of urea groups is 1. The minimum absolute atomic E-state index is 0.151. The molecule has 2 saturated carbocycles. The molecule has 0 aromatic rings. The van der Waals surface area contributed by atoms with Crippen LogP contribution in [0, 0.1) is 11.8 Å². The number of aliphatic carboxylic acids is 1. The Labute approximate surface area is 112 Å². The zero-order chi connectivity index (χ0) is 13.8. The van der Waals surface area contributed by atoms with Crippen molar-refractivity contribution in [3.8, 4) is 0 Å². The highest BCUT2D eigenvalue weighted by molar-refractivity contribution is 5.95. The summed E-state index contributed by atoms with van der Waals surface area (Å²) in [5.74, 6) is -0.378. The number of carboxylic acids is 1. The zero-order valence-corrected chi connectivity index (χ0v) is 10.9. The van der Waals surface area contributed by atoms with Crippen LogP contribution in [0.15, 0.2) is 0 Å². The summed E-state index contributed by atoms with van der Waals surface area (Å²) in [7, 11) is 0. The van der Waals surface area contributed by atoms with Gasteiger partial charge >= 0.3 is 12.0 Å². The molecule has 2 aliphatic carbocycles. The molecule has 2 fully saturated rings. The Bertz CT molecular complexity index is 361. The predicted octanol–water partition coefficient (Wildman–Crippen LogP) is 1.21. The number of rotatable bonds is 7. The van der Waals surface area contributed by atoms with Gasteiger partial charge in [0.25, 0.3) is 0 Å². The molecule has 106 valence electrons. The van der Waals surface area contributed by atoms with Gasteiger partial charge in [-0.05, 0) is 37.5 Å². The monoisotopic (exact) mass is 268 g/mol. The van der Waals surface area contributed by atoms with Gasteiger partial charge in [-0.1, -0.05) is 0 Å². The number of hydrogen-bond acceptors (Lipinski definition) is 3. The lowest BCUT2D eigenvalue weighted by Gasteiger charge is -2.22. The van der Waals surface area contributed by atoms with Crippen molar-refractivity contribution >= 4 is 17.9 Å². The Morgan fingerprint density at radius 3 is 1.95 bits per heavy atom. The van der Waals surface area contributed by atoms with Crippen molar-refractivity contribution in [3.05, 3.63) is 0 Å². The van der Waals surface area contributed by atoms with E-state index in [1.807, 2.05) is 0 Å². The van der Waals surface area contributed by atoms with Gasteiger partial charge < -0.3 is 10.0 Å². The fraction of sp³-hybridized carbons (Fsp3) is 0.769. The molecule has 19 heavy (non-hydrogen) atoms. The van der Waals surface area contributed by atoms with Gasteiger partial charge in [-0.25, -0.2) is 4.79 Å². The van der Waals surface area contributed by atoms with E-state index >= 15 is 0 Å². The summed E-state index contributed by atoms with van der Waals surface area (Å²) in [6, 6.07) is -0.366. The van der Waals surface area contributed by atoms with Gasteiger partial charge in [0.15, 0.2) is 0 Å². The topological polar surface area (TPSA) is 86.7 Å². The van der Waals surface area contributed by atoms with Gasteiger partial charge in [0.1, 0.15) is 0 Å². The first-order chi connectivity index (χ1) is 9.04. The van der Waals surface area contributed by atoms with Gasteiger partial charge in [-0.2, -0.15) is 0 Å². The molecule has 0 spiro atoms. The molecule has 0 unspecified atom stereocenters. The summed E-state index contributed by atoms with van der Waals surface area (Å²) in [5.41, 5.74) is 0. The summed E-state index contributed by atoms with van der Waals surface area (Å²) in [5, 5.41) is 10.8. The van der Waals surface area contributed by atoms with E-state index in [-0.39, 0.29) is 18.9 Å². The number of carboxylic acid groups (broad SMARTS) is 1. The second kappa shape index (κ2) is 6.04. The second-order valence-corrected chi connectivity index (χ2v) is 5.54. The molecule has 0 aromatic carbocycles. The number of amides is 3. The Morgan fingerprint density at radius 2 is 1.53 bits per heavy atom. The van der Waals surface area contributed by atoms with Crippen molar-refractivity contribution in [2.45, 2.75) is 38.5 Å². The SMILES string of the molecule is O=C(O)CCC(=O)NC(=O)N(CC1CC1)CC1CC1. The first-order valence-electron chi connectivity index (χ1n) is 6.85. The van der Waals surface area contributed by atoms with Crippen LogP contribution in [0.2, 0.25) is 0 Å². The fourth-order valence-corrected chi connectivity index (χ4v) is 1.95. The lowest BCUT2D eigenvalue weighted by atomic mass is 10.3. The number of nitrogens with zero attached hydrogens (tertiary/aromatic N) is 1. The first kappa shape index (κ1) is 13.8. The summed E-state index contributed by atoms with van der Waals surface area (Å²) in [6.45, 7) is 1.43. The largest absolute Gasteiger partial charge is 0.481 e. The third-order valence-corrected chi connectivity index (χ3v) is 3.45. The highest BCUT2D eigenvalue weighted by Crippen LogP contribution is 2.33. The number of nitrogens with one attached hydrogen (secondary N) is 1. The maximum atomic E-state index is 12.0. The van der Waals surface area contributed by atoms with E-state index in [9.17, 15) is 14.4 Å². The molecule has 0 heterocycles. The number of hydrogen-bond donors (Lipinski definition) is 2. The molecule has 0 radical (unpaired) electrons. The van der Waals surface area contributed by atoms with Crippen LogP contribution < -0.4 is 5.32 Å². The Hall–Kier alpha value is -1.59. The van der Waals surface area contributed by atoms with Crippen LogP contribution in [-0.4, -0.2) is 41.0 Å². The van der Waals surface area contributed by atoms with Gasteiger partial charge in [0, 0.05) is 19.5 Å². The molecule has 2 aliphatic rings. The minimum Gasteiger partial charge on any atom is -0.481 e. The molecule has 0 atom stereocenters. The summed E-state index contributed by atoms with van der Waals surface area (Å²) < 4.78 is 0. The van der Waals surface area contributed by atoms with E-state index in [0.717, 1.165) is 25.7 Å². The van der Waals surface area contributed by atoms with Crippen molar-refractivity contribution in [2.24, 2.45) is 11.8 Å². The van der Waals surface area contributed by atoms with Crippen molar-refractivity contribution in [1.29, 1.82) is 0 Å². The maximum Gasteiger partial charge on any atom is 0.324 e. The lowest BCUT2D eigenvalue weighted by Crippen LogP contribution is -2.44. The van der Waals surface area contributed by atoms with Gasteiger partial charge in [0.2, 0.25) is 5.91 Å². The maximum absolute atomic E-state index is 12.0. The second-order valence-electron chi connectivity index (χ2n) is 5.54. The van der Waals surface area contributed by atoms with Crippen LogP contribution in [0.25, 0.3) is 0 Å². The molecule has 6 heteroatoms. The molecule has 2 rings (SSSR count). The van der Waals surface area contributed by atoms with E-state index in [1.165, 1.54) is 0 Å². The van der Waals surface area contributed by atoms with Crippen LogP contribution in [0.3, 0.4) is 0 Å². The van der Waals surface area contributed by atoms with Crippen molar-refractivity contribution in [2.75, 3.05) is 13.1 Å². The molecule has 0 aliphatic heterocycles. The van der Waals surface area contributed by atoms with Crippen LogP contribution in [-0.2, 0) is 9.59 Å². The smallest absolute Gasteiger partial charge is 0.324 e. The fourth-order valence-electron chi connectivity index (χ4n) is 1.95. The third kappa shape index (κ3) is 5.28. The molecule has 3 amide bonds. The number of imide groups is 1. The van der Waals surface area contributed by atoms with E-state index in [2.05, 4.69) is 5.32 Å². The molecule has 0 saturated heterocycles. The molecule has 0 bridgehead atoms. The Balaban J connectivity index is 1.76. The van der Waals surface area contributed by atoms with Crippen LogP contribution in [0.4, 0.5) is 4.79 Å². The van der Waals surface area contributed by atoms with E-state index < -0.39 is 11.9 Å². The minimum atomic E-state index is -1.03. The quantitative estimate of drug-likeness (QED) is 0.726. The Morgan fingerprint density at radius 1 is 1.00 bits per heavy atom. The molecular formula is C13H20N2O4. The standard InChI is InChI=1S/C13H20N2O4/c16-11(5-6-12(17)18)14-13(19)15(7-9-1-2-9)8-10-3-4-10/h9-10H,1-8H2,(H,17,18)(H,14,16,19). The van der Waals surface area contributed by atoms with E-state index in [1.54, 1.807) is 4.90 Å². The lowest BCUT2D eigenvalue weighted by molar-refractivity contribution is -0.138. The van der Waals surface area contributed by atoms with Crippen LogP contribution >= 0.6 is 0 Å². The molecule has 0 aromatic heterocycles. The van der Waals surface area contributed by atoms with Crippen molar-refractivity contribution in [1.82, 2.24) is 10.2 Å². The normalized spacial score (nSPS) is 17.9. The van der Waals surface area contributed by atoms with Gasteiger partial charge in [0.05, 0.1) is 6.42 Å². The van der Waals surface area contributed by atoms with Crippen molar-refractivity contribution < 1.29 is 19.5 Å². The molecular weight excluding hydrogens is 248 g/mol. The van der Waals surface area contributed by atoms with Crippen LogP contribution in [0.5, 0.6) is 0 Å². The summed E-state index contributed by atoms with van der Waals surface area (Å²) >= 11 is 0. The summed E-state index contributed by atoms with van der Waals surface area (Å²) in [6.07, 6.45) is 4.22. The highest BCUT2D eigenvalue weighted by Gasteiger charge is 2.31. The summed E-state index contributed by atoms with van der Waals surface area (Å²) in [4.78, 5) is 35.5. The Kier molecular flexibility index (Phi) is 4.39. The molecule has 2 N–H and O–H groups in total. The average Bonchev–Trinajstić information content (AvgIpc) is 3.20. The number of carbonyl (C=O) groups excluding carboxylic acids is 2. The predicted molar refractivity (Wildman–Crippen MR) is 67.4 cm³/mol. The highest BCUT2D eigenvalue weighted by atomic mass is 16.4. The first-order valence-corrected chi connectivity index (χ1v) is 6.85. The van der Waals surface area contributed by atoms with Gasteiger partial charge in [-0.15, -0.1) is 0 Å².